The third kappa shape index (κ3) is 4.25. The Bertz CT molecular complexity index is 1020. The first-order chi connectivity index (χ1) is 13.8. The van der Waals surface area contributed by atoms with Gasteiger partial charge in [-0.15, -0.1) is 0 Å². The highest BCUT2D eigenvalue weighted by atomic mass is 79.9. The van der Waals surface area contributed by atoms with E-state index in [2.05, 4.69) is 21.2 Å². The number of benzene rings is 2. The largest absolute Gasteiger partial charge is 0.503 e. The van der Waals surface area contributed by atoms with Crippen LogP contribution in [0, 0.1) is 0 Å². The second-order valence-electron chi connectivity index (χ2n) is 5.94. The van der Waals surface area contributed by atoms with Crippen LogP contribution in [0.5, 0.6) is 17.2 Å². The third-order valence-corrected chi connectivity index (χ3v) is 4.98. The van der Waals surface area contributed by atoms with Crippen molar-refractivity contribution in [2.75, 3.05) is 18.6 Å². The molecule has 1 saturated heterocycles. The highest BCUT2D eigenvalue weighted by Gasteiger charge is 2.34. The Morgan fingerprint density at radius 3 is 2.55 bits per heavy atom. The maximum Gasteiger partial charge on any atom is 0.270 e. The van der Waals surface area contributed by atoms with Crippen LogP contribution in [0.1, 0.15) is 12.5 Å². The summed E-state index contributed by atoms with van der Waals surface area (Å²) in [6.45, 7) is 2.13. The number of aromatic hydroxyl groups is 1. The Labute approximate surface area is 181 Å². The van der Waals surface area contributed by atoms with E-state index in [1.54, 1.807) is 50.4 Å². The number of carbonyl (C=O) groups is 2. The second-order valence-corrected chi connectivity index (χ2v) is 7.18. The topological polar surface area (TPSA) is 88.1 Å². The molecular weight excluding hydrogens is 460 g/mol. The molecule has 0 saturated carbocycles. The Morgan fingerprint density at radius 1 is 1.24 bits per heavy atom. The van der Waals surface area contributed by atoms with Crippen LogP contribution < -0.4 is 19.7 Å². The van der Waals surface area contributed by atoms with Crippen LogP contribution in [0.15, 0.2) is 46.4 Å². The molecule has 3 rings (SSSR count). The number of anilines is 1. The standard InChI is InChI=1S/C20H17BrN2O5S/c1-3-28-16-10-11(9-15(21)17(16)24)8-14-18(25)22-20(29)23(19(14)26)12-4-6-13(27-2)7-5-12/h4-10,24H,3H2,1-2H3,(H,22,25,29)/b14-8-. The summed E-state index contributed by atoms with van der Waals surface area (Å²) >= 11 is 8.44. The first kappa shape index (κ1) is 20.8. The van der Waals surface area contributed by atoms with Crippen LogP contribution in [0.4, 0.5) is 5.69 Å². The van der Waals surface area contributed by atoms with Crippen LogP contribution in [0.25, 0.3) is 6.08 Å². The van der Waals surface area contributed by atoms with Gasteiger partial charge < -0.3 is 14.6 Å². The molecule has 2 aromatic carbocycles. The summed E-state index contributed by atoms with van der Waals surface area (Å²) in [5.41, 5.74) is 0.891. The van der Waals surface area contributed by atoms with Crippen LogP contribution in [0.2, 0.25) is 0 Å². The van der Waals surface area contributed by atoms with Crippen molar-refractivity contribution in [2.24, 2.45) is 0 Å². The number of thiocarbonyl (C=S) groups is 1. The van der Waals surface area contributed by atoms with Gasteiger partial charge in [0.25, 0.3) is 11.8 Å². The van der Waals surface area contributed by atoms with Crippen molar-refractivity contribution < 1.29 is 24.2 Å². The maximum absolute atomic E-state index is 13.1. The minimum Gasteiger partial charge on any atom is -0.503 e. The lowest BCUT2D eigenvalue weighted by molar-refractivity contribution is -0.122. The van der Waals surface area contributed by atoms with Gasteiger partial charge in [-0.05, 0) is 83.1 Å². The zero-order valence-electron chi connectivity index (χ0n) is 15.6. The molecule has 1 aliphatic rings. The first-order valence-corrected chi connectivity index (χ1v) is 9.76. The number of phenolic OH excluding ortho intramolecular Hbond substituents is 1. The van der Waals surface area contributed by atoms with Gasteiger partial charge in [0.15, 0.2) is 16.6 Å². The van der Waals surface area contributed by atoms with Gasteiger partial charge in [-0.3, -0.25) is 19.8 Å². The van der Waals surface area contributed by atoms with E-state index in [-0.39, 0.29) is 22.2 Å². The molecule has 1 heterocycles. The fraction of sp³-hybridized carbons (Fsp3) is 0.150. The number of hydrogen-bond acceptors (Lipinski definition) is 6. The SMILES string of the molecule is CCOc1cc(/C=C2/C(=O)NC(=S)N(c3ccc(OC)cc3)C2=O)cc(Br)c1O. The summed E-state index contributed by atoms with van der Waals surface area (Å²) in [4.78, 5) is 26.7. The first-order valence-electron chi connectivity index (χ1n) is 8.56. The van der Waals surface area contributed by atoms with E-state index < -0.39 is 11.8 Å². The molecule has 0 aliphatic carbocycles. The smallest absolute Gasteiger partial charge is 0.270 e. The average molecular weight is 477 g/mol. The maximum atomic E-state index is 13.1. The molecule has 150 valence electrons. The Balaban J connectivity index is 2.01. The van der Waals surface area contributed by atoms with Crippen molar-refractivity contribution in [2.45, 2.75) is 6.92 Å². The van der Waals surface area contributed by atoms with Gasteiger partial charge in [0, 0.05) is 0 Å². The van der Waals surface area contributed by atoms with Crippen molar-refractivity contribution >= 4 is 56.8 Å². The fourth-order valence-corrected chi connectivity index (χ4v) is 3.47. The van der Waals surface area contributed by atoms with Crippen LogP contribution in [-0.4, -0.2) is 35.8 Å². The summed E-state index contributed by atoms with van der Waals surface area (Å²) in [5.74, 6) is -0.367. The number of nitrogens with one attached hydrogen (secondary N) is 1. The van der Waals surface area contributed by atoms with Gasteiger partial charge in [0.05, 0.1) is 23.9 Å². The highest BCUT2D eigenvalue weighted by molar-refractivity contribution is 9.10. The van der Waals surface area contributed by atoms with Gasteiger partial charge in [-0.25, -0.2) is 0 Å². The van der Waals surface area contributed by atoms with Crippen LogP contribution in [0.3, 0.4) is 0 Å². The molecule has 29 heavy (non-hydrogen) atoms. The predicted octanol–water partition coefficient (Wildman–Crippen LogP) is 3.39. The molecule has 1 fully saturated rings. The molecule has 1 aliphatic heterocycles. The minimum absolute atomic E-state index is 0.00999. The van der Waals surface area contributed by atoms with E-state index in [1.165, 1.54) is 11.0 Å². The number of methoxy groups -OCH3 is 1. The lowest BCUT2D eigenvalue weighted by Crippen LogP contribution is -2.54. The summed E-state index contributed by atoms with van der Waals surface area (Å²) in [5, 5.41) is 12.6. The molecule has 7 nitrogen and oxygen atoms in total. The van der Waals surface area contributed by atoms with Crippen LogP contribution >= 0.6 is 28.1 Å². The minimum atomic E-state index is -0.605. The molecule has 0 spiro atoms. The van der Waals surface area contributed by atoms with Crippen molar-refractivity contribution in [3.63, 3.8) is 0 Å². The number of nitrogens with zero attached hydrogens (tertiary/aromatic N) is 1. The Kier molecular flexibility index (Phi) is 6.19. The molecule has 2 N–H and O–H groups in total. The van der Waals surface area contributed by atoms with Gasteiger partial charge in [0.1, 0.15) is 11.3 Å². The predicted molar refractivity (Wildman–Crippen MR) is 116 cm³/mol. The number of hydrogen-bond donors (Lipinski definition) is 2. The Hall–Kier alpha value is -2.91. The number of phenols is 1. The number of carbonyl (C=O) groups excluding carboxylic acids is 2. The molecule has 0 bridgehead atoms. The molecule has 9 heteroatoms. The molecule has 0 radical (unpaired) electrons. The van der Waals surface area contributed by atoms with Gasteiger partial charge in [-0.2, -0.15) is 0 Å². The second kappa shape index (κ2) is 8.62. The van der Waals surface area contributed by atoms with Gasteiger partial charge in [-0.1, -0.05) is 0 Å². The van der Waals surface area contributed by atoms with Gasteiger partial charge in [0.2, 0.25) is 0 Å². The normalized spacial score (nSPS) is 15.5. The third-order valence-electron chi connectivity index (χ3n) is 4.09. The summed E-state index contributed by atoms with van der Waals surface area (Å²) in [6, 6.07) is 9.84. The van der Waals surface area contributed by atoms with E-state index >= 15 is 0 Å². The molecule has 2 amide bonds. The van der Waals surface area contributed by atoms with E-state index in [0.29, 0.717) is 28.1 Å². The van der Waals surface area contributed by atoms with Gasteiger partial charge >= 0.3 is 0 Å². The monoisotopic (exact) mass is 476 g/mol. The lowest BCUT2D eigenvalue weighted by atomic mass is 10.1. The van der Waals surface area contributed by atoms with E-state index in [4.69, 9.17) is 21.7 Å². The van der Waals surface area contributed by atoms with Crippen molar-refractivity contribution in [3.8, 4) is 17.2 Å². The molecule has 0 unspecified atom stereocenters. The Morgan fingerprint density at radius 2 is 1.93 bits per heavy atom. The van der Waals surface area contributed by atoms with Crippen molar-refractivity contribution in [1.82, 2.24) is 5.32 Å². The van der Waals surface area contributed by atoms with E-state index in [0.717, 1.165) is 0 Å². The zero-order valence-corrected chi connectivity index (χ0v) is 18.0. The van der Waals surface area contributed by atoms with E-state index in [9.17, 15) is 14.7 Å². The van der Waals surface area contributed by atoms with E-state index in [1.807, 2.05) is 0 Å². The molecule has 0 atom stereocenters. The summed E-state index contributed by atoms with van der Waals surface area (Å²) in [7, 11) is 1.54. The number of ether oxygens (including phenoxy) is 2. The summed E-state index contributed by atoms with van der Waals surface area (Å²) in [6.07, 6.45) is 1.42. The lowest BCUT2D eigenvalue weighted by Gasteiger charge is -2.29. The highest BCUT2D eigenvalue weighted by Crippen LogP contribution is 2.36. The molecule has 2 aromatic rings. The average Bonchev–Trinajstić information content (AvgIpc) is 2.69. The molecular formula is C20H17BrN2O5S. The number of rotatable bonds is 5. The van der Waals surface area contributed by atoms with Crippen LogP contribution in [-0.2, 0) is 9.59 Å². The number of amides is 2. The van der Waals surface area contributed by atoms with Crippen molar-refractivity contribution in [3.05, 3.63) is 52.0 Å². The quantitative estimate of drug-likeness (QED) is 0.390. The molecule has 0 aromatic heterocycles. The number of halogens is 1. The summed E-state index contributed by atoms with van der Waals surface area (Å²) < 4.78 is 10.9. The zero-order chi connectivity index (χ0) is 21.1. The van der Waals surface area contributed by atoms with Crippen molar-refractivity contribution in [1.29, 1.82) is 0 Å². The fourth-order valence-electron chi connectivity index (χ4n) is 2.73.